The predicted octanol–water partition coefficient (Wildman–Crippen LogP) is 6.74. The summed E-state index contributed by atoms with van der Waals surface area (Å²) in [5.74, 6) is 0. The van der Waals surface area contributed by atoms with E-state index in [2.05, 4.69) is 93.5 Å². The second kappa shape index (κ2) is 6.59. The number of rotatable bonds is 6. The van der Waals surface area contributed by atoms with Crippen LogP contribution in [0.3, 0.4) is 0 Å². The summed E-state index contributed by atoms with van der Waals surface area (Å²) in [5, 5.41) is 0. The fraction of sp³-hybridized carbons (Fsp3) is 0.727. The van der Waals surface area contributed by atoms with E-state index in [1.807, 2.05) is 0 Å². The fourth-order valence-corrected chi connectivity index (χ4v) is 2.99. The van der Waals surface area contributed by atoms with E-state index in [-0.39, 0.29) is 21.8 Å². The molecule has 0 bridgehead atoms. The van der Waals surface area contributed by atoms with Crippen molar-refractivity contribution in [1.29, 1.82) is 0 Å². The number of benzene rings is 1. The van der Waals surface area contributed by atoms with Gasteiger partial charge in [0.15, 0.2) is 0 Å². The number of hydrogen-bond acceptors (Lipinski definition) is 1. The molecular formula is C22H38O. The summed E-state index contributed by atoms with van der Waals surface area (Å²) in [4.78, 5) is 0. The van der Waals surface area contributed by atoms with E-state index >= 15 is 0 Å². The monoisotopic (exact) mass is 318 g/mol. The smallest absolute Gasteiger partial charge is 0.0875 e. The predicted molar refractivity (Wildman–Crippen MR) is 102 cm³/mol. The lowest BCUT2D eigenvalue weighted by Gasteiger charge is -2.51. The van der Waals surface area contributed by atoms with Gasteiger partial charge < -0.3 is 4.74 Å². The lowest BCUT2D eigenvalue weighted by molar-refractivity contribution is -0.0688. The van der Waals surface area contributed by atoms with Gasteiger partial charge in [-0.2, -0.15) is 0 Å². The first kappa shape index (κ1) is 20.2. The van der Waals surface area contributed by atoms with Gasteiger partial charge in [-0.25, -0.2) is 0 Å². The van der Waals surface area contributed by atoms with Gasteiger partial charge in [-0.05, 0) is 49.0 Å². The van der Waals surface area contributed by atoms with Gasteiger partial charge in [0, 0.05) is 6.61 Å². The van der Waals surface area contributed by atoms with Crippen molar-refractivity contribution in [1.82, 2.24) is 0 Å². The van der Waals surface area contributed by atoms with Crippen molar-refractivity contribution in [2.24, 2.45) is 16.2 Å². The lowest BCUT2D eigenvalue weighted by Crippen LogP contribution is -2.43. The molecule has 0 heterocycles. The van der Waals surface area contributed by atoms with Gasteiger partial charge >= 0.3 is 0 Å². The molecule has 0 saturated carbocycles. The van der Waals surface area contributed by atoms with Gasteiger partial charge in [-0.1, -0.05) is 78.3 Å². The Hall–Kier alpha value is -0.820. The first-order valence-electron chi connectivity index (χ1n) is 8.92. The van der Waals surface area contributed by atoms with Crippen LogP contribution in [-0.4, -0.2) is 6.61 Å². The van der Waals surface area contributed by atoms with Crippen molar-refractivity contribution in [2.75, 3.05) is 6.61 Å². The summed E-state index contributed by atoms with van der Waals surface area (Å²) < 4.78 is 6.31. The molecular weight excluding hydrogens is 280 g/mol. The first-order chi connectivity index (χ1) is 10.2. The molecule has 1 nitrogen and oxygen atoms in total. The van der Waals surface area contributed by atoms with Gasteiger partial charge in [0.05, 0.1) is 5.60 Å². The molecule has 0 saturated heterocycles. The second-order valence-electron chi connectivity index (χ2n) is 9.74. The minimum absolute atomic E-state index is 0.216. The zero-order valence-electron chi connectivity index (χ0n) is 17.1. The number of hydrogen-bond donors (Lipinski definition) is 0. The third-order valence-corrected chi connectivity index (χ3v) is 6.47. The fourth-order valence-electron chi connectivity index (χ4n) is 2.99. The van der Waals surface area contributed by atoms with Crippen molar-refractivity contribution in [2.45, 2.75) is 81.3 Å². The highest BCUT2D eigenvalue weighted by molar-refractivity contribution is 5.26. The quantitative estimate of drug-likeness (QED) is 0.564. The summed E-state index contributed by atoms with van der Waals surface area (Å²) in [7, 11) is 0. The highest BCUT2D eigenvalue weighted by Crippen LogP contribution is 2.52. The Morgan fingerprint density at radius 1 is 0.870 bits per heavy atom. The van der Waals surface area contributed by atoms with Crippen LogP contribution in [0, 0.1) is 23.2 Å². The highest BCUT2D eigenvalue weighted by Gasteiger charge is 2.45. The van der Waals surface area contributed by atoms with E-state index in [1.165, 1.54) is 11.1 Å². The van der Waals surface area contributed by atoms with Crippen LogP contribution < -0.4 is 0 Å². The number of ether oxygens (including phenoxy) is 1. The molecule has 0 aliphatic heterocycles. The van der Waals surface area contributed by atoms with E-state index in [0.29, 0.717) is 0 Å². The van der Waals surface area contributed by atoms with Crippen LogP contribution in [0.2, 0.25) is 0 Å². The Morgan fingerprint density at radius 3 is 1.91 bits per heavy atom. The van der Waals surface area contributed by atoms with Crippen LogP contribution in [0.1, 0.15) is 79.9 Å². The summed E-state index contributed by atoms with van der Waals surface area (Å²) >= 11 is 0. The average molecular weight is 319 g/mol. The Kier molecular flexibility index (Phi) is 5.79. The lowest BCUT2D eigenvalue weighted by atomic mass is 9.54. The second-order valence-corrected chi connectivity index (χ2v) is 9.74. The molecule has 1 aromatic rings. The molecule has 0 atom stereocenters. The Morgan fingerprint density at radius 2 is 1.43 bits per heavy atom. The molecule has 23 heavy (non-hydrogen) atoms. The summed E-state index contributed by atoms with van der Waals surface area (Å²) in [6.07, 6.45) is 1.06. The first-order valence-corrected chi connectivity index (χ1v) is 8.92. The van der Waals surface area contributed by atoms with Crippen LogP contribution in [0.5, 0.6) is 0 Å². The SMILES string of the molecule is Cc1cccc(C(C)(C)OCCC(C)(C)C(C)(C)C(C)(C)C)c1. The molecule has 1 rings (SSSR count). The maximum atomic E-state index is 6.31. The standard InChI is InChI=1S/C22H38O/c1-17-12-11-13-18(16-17)21(7,8)23-15-14-20(5,6)22(9,10)19(2,3)4/h11-13,16H,14-15H2,1-10H3. The molecule has 0 N–H and O–H groups in total. The minimum Gasteiger partial charge on any atom is -0.371 e. The third-order valence-electron chi connectivity index (χ3n) is 6.47. The van der Waals surface area contributed by atoms with Crippen molar-refractivity contribution in [3.05, 3.63) is 35.4 Å². The molecule has 0 amide bonds. The van der Waals surface area contributed by atoms with Crippen molar-refractivity contribution < 1.29 is 4.74 Å². The van der Waals surface area contributed by atoms with Crippen LogP contribution >= 0.6 is 0 Å². The molecule has 0 radical (unpaired) electrons. The van der Waals surface area contributed by atoms with Crippen molar-refractivity contribution in [3.8, 4) is 0 Å². The highest BCUT2D eigenvalue weighted by atomic mass is 16.5. The van der Waals surface area contributed by atoms with E-state index in [1.54, 1.807) is 0 Å². The average Bonchev–Trinajstić information content (AvgIpc) is 2.36. The summed E-state index contributed by atoms with van der Waals surface area (Å²) in [5.41, 5.74) is 3.01. The molecule has 0 unspecified atom stereocenters. The molecule has 1 heteroatoms. The maximum Gasteiger partial charge on any atom is 0.0875 e. The van der Waals surface area contributed by atoms with Crippen LogP contribution in [0.4, 0.5) is 0 Å². The third kappa shape index (κ3) is 4.59. The van der Waals surface area contributed by atoms with Crippen LogP contribution in [0.15, 0.2) is 24.3 Å². The maximum absolute atomic E-state index is 6.31. The van der Waals surface area contributed by atoms with Crippen molar-refractivity contribution >= 4 is 0 Å². The van der Waals surface area contributed by atoms with Crippen LogP contribution in [0.25, 0.3) is 0 Å². The van der Waals surface area contributed by atoms with E-state index in [9.17, 15) is 0 Å². The summed E-state index contributed by atoms with van der Waals surface area (Å²) in [6, 6.07) is 8.64. The van der Waals surface area contributed by atoms with Gasteiger partial charge in [-0.3, -0.25) is 0 Å². The zero-order chi connectivity index (χ0) is 18.1. The van der Waals surface area contributed by atoms with E-state index in [4.69, 9.17) is 4.74 Å². The summed E-state index contributed by atoms with van der Waals surface area (Å²) in [6.45, 7) is 23.8. The van der Waals surface area contributed by atoms with Crippen molar-refractivity contribution in [3.63, 3.8) is 0 Å². The van der Waals surface area contributed by atoms with Gasteiger partial charge in [0.2, 0.25) is 0 Å². The molecule has 1 aromatic carbocycles. The van der Waals surface area contributed by atoms with E-state index < -0.39 is 0 Å². The van der Waals surface area contributed by atoms with Gasteiger partial charge in [0.25, 0.3) is 0 Å². The zero-order valence-corrected chi connectivity index (χ0v) is 17.1. The van der Waals surface area contributed by atoms with Gasteiger partial charge in [0.1, 0.15) is 0 Å². The Bertz CT molecular complexity index is 515. The Balaban J connectivity index is 2.75. The van der Waals surface area contributed by atoms with E-state index in [0.717, 1.165) is 13.0 Å². The molecule has 0 aliphatic rings. The molecule has 0 aromatic heterocycles. The minimum atomic E-state index is -0.242. The van der Waals surface area contributed by atoms with Gasteiger partial charge in [-0.15, -0.1) is 0 Å². The topological polar surface area (TPSA) is 9.23 Å². The largest absolute Gasteiger partial charge is 0.371 e. The molecule has 0 aliphatic carbocycles. The molecule has 0 fully saturated rings. The Labute approximate surface area is 144 Å². The normalized spacial score (nSPS) is 14.2. The number of aryl methyl sites for hydroxylation is 1. The molecule has 0 spiro atoms. The molecule has 132 valence electrons. The van der Waals surface area contributed by atoms with Crippen LogP contribution in [-0.2, 0) is 10.3 Å².